The number of hydrogen-bond donors (Lipinski definition) is 3. The topological polar surface area (TPSA) is 169 Å². The summed E-state index contributed by atoms with van der Waals surface area (Å²) in [6.45, 7) is 3.04. The molecule has 0 aliphatic carbocycles. The quantitative estimate of drug-likeness (QED) is 0.158. The minimum Gasteiger partial charge on any atom is -0.755 e. The lowest BCUT2D eigenvalue weighted by Gasteiger charge is -2.44. The van der Waals surface area contributed by atoms with Gasteiger partial charge in [0.25, 0.3) is 11.8 Å². The molecule has 3 aromatic rings. The van der Waals surface area contributed by atoms with E-state index in [2.05, 4.69) is 22.5 Å². The first-order valence-electron chi connectivity index (χ1n) is 12.6. The van der Waals surface area contributed by atoms with Gasteiger partial charge in [0.2, 0.25) is 0 Å². The fourth-order valence-electron chi connectivity index (χ4n) is 4.67. The van der Waals surface area contributed by atoms with Crippen LogP contribution in [0.4, 0.5) is 5.69 Å². The number of benzene rings is 2. The zero-order valence-corrected chi connectivity index (χ0v) is 24.3. The van der Waals surface area contributed by atoms with Gasteiger partial charge in [-0.2, -0.15) is 0 Å². The van der Waals surface area contributed by atoms with E-state index in [0.717, 1.165) is 4.31 Å². The van der Waals surface area contributed by atoms with Gasteiger partial charge in [0, 0.05) is 40.7 Å². The monoisotopic (exact) mass is 611 g/mol. The minimum absolute atomic E-state index is 0.162. The van der Waals surface area contributed by atoms with Gasteiger partial charge in [0.05, 0.1) is 30.4 Å². The molecule has 0 fully saturated rings. The molecule has 2 atom stereocenters. The highest BCUT2D eigenvalue weighted by atomic mass is 32.2. The summed E-state index contributed by atoms with van der Waals surface area (Å²) in [4.78, 5) is 54.7. The van der Waals surface area contributed by atoms with E-state index >= 15 is 0 Å². The van der Waals surface area contributed by atoms with Crippen LogP contribution in [0.15, 0.2) is 67.0 Å². The van der Waals surface area contributed by atoms with Crippen LogP contribution >= 0.6 is 12.8 Å². The van der Waals surface area contributed by atoms with Crippen molar-refractivity contribution in [2.75, 3.05) is 10.8 Å². The molecule has 1 aromatic heterocycles. The van der Waals surface area contributed by atoms with Crippen molar-refractivity contribution in [2.24, 2.45) is 0 Å². The Morgan fingerprint density at radius 2 is 1.88 bits per heavy atom. The number of carbonyl (C=O) groups excluding carboxylic acids is 3. The summed E-state index contributed by atoms with van der Waals surface area (Å²) in [7, 11) is 0. The largest absolute Gasteiger partial charge is 0.755 e. The molecule has 0 saturated heterocycles. The first kappa shape index (κ1) is 30.7. The number of thiol groups is 1. The van der Waals surface area contributed by atoms with E-state index in [4.69, 9.17) is 4.74 Å². The number of carboxylic acid groups (broad SMARTS) is 1. The van der Waals surface area contributed by atoms with E-state index in [-0.39, 0.29) is 41.8 Å². The van der Waals surface area contributed by atoms with E-state index in [1.54, 1.807) is 32.0 Å². The van der Waals surface area contributed by atoms with E-state index in [1.165, 1.54) is 53.7 Å². The summed E-state index contributed by atoms with van der Waals surface area (Å²) < 4.78 is 33.6. The number of nitrogens with one attached hydrogen (secondary N) is 1. The van der Waals surface area contributed by atoms with Gasteiger partial charge in [-0.05, 0) is 74.0 Å². The number of pyridine rings is 1. The molecule has 0 saturated carbocycles. The highest BCUT2D eigenvalue weighted by Crippen LogP contribution is 2.32. The lowest BCUT2D eigenvalue weighted by molar-refractivity contribution is -0.139. The molecule has 1 aliphatic rings. The summed E-state index contributed by atoms with van der Waals surface area (Å²) >= 11 is 0.972. The Bertz CT molecular complexity index is 1530. The van der Waals surface area contributed by atoms with Gasteiger partial charge < -0.3 is 19.3 Å². The maximum absolute atomic E-state index is 13.0. The maximum atomic E-state index is 13.0. The number of anilines is 1. The fraction of sp³-hybridized carbons (Fsp3) is 0.250. The number of ether oxygens (including phenoxy) is 1. The molecule has 2 N–H and O–H groups in total. The van der Waals surface area contributed by atoms with Gasteiger partial charge >= 0.3 is 5.97 Å². The van der Waals surface area contributed by atoms with Crippen molar-refractivity contribution in [3.8, 4) is 5.75 Å². The Morgan fingerprint density at radius 3 is 2.48 bits per heavy atom. The zero-order chi connectivity index (χ0) is 30.6. The second-order valence-corrected chi connectivity index (χ2v) is 11.0. The third-order valence-corrected chi connectivity index (χ3v) is 8.02. The molecule has 0 bridgehead atoms. The van der Waals surface area contributed by atoms with Crippen molar-refractivity contribution >= 4 is 53.3 Å². The third kappa shape index (κ3) is 6.61. The van der Waals surface area contributed by atoms with E-state index < -0.39 is 41.2 Å². The van der Waals surface area contributed by atoms with Gasteiger partial charge in [0.1, 0.15) is 11.9 Å². The number of fused-ring (bicyclic) bond motifs is 1. The average Bonchev–Trinajstić information content (AvgIpc) is 3.26. The Morgan fingerprint density at radius 1 is 1.19 bits per heavy atom. The highest BCUT2D eigenvalue weighted by Gasteiger charge is 2.40. The van der Waals surface area contributed by atoms with Crippen LogP contribution in [0.25, 0.3) is 0 Å². The smallest absolute Gasteiger partial charge is 0.307 e. The summed E-state index contributed by atoms with van der Waals surface area (Å²) in [6, 6.07) is 13.6. The molecule has 12 nitrogen and oxygen atoms in total. The molecule has 14 heteroatoms. The fourth-order valence-corrected chi connectivity index (χ4v) is 5.58. The number of amides is 2. The molecule has 42 heavy (non-hydrogen) atoms. The number of aliphatic carboxylic acids is 1. The number of rotatable bonds is 12. The molecule has 2 amide bonds. The second kappa shape index (κ2) is 12.7. The van der Waals surface area contributed by atoms with E-state index in [0.29, 0.717) is 16.7 Å². The van der Waals surface area contributed by atoms with Gasteiger partial charge in [-0.25, -0.2) is 0 Å². The molecule has 0 spiro atoms. The van der Waals surface area contributed by atoms with E-state index in [1.807, 2.05) is 0 Å². The molecule has 0 radical (unpaired) electrons. The number of carbonyl (C=O) groups is 4. The number of nitrogens with zero attached hydrogens (tertiary/aromatic N) is 3. The van der Waals surface area contributed by atoms with Gasteiger partial charge in [-0.1, -0.05) is 12.8 Å². The van der Waals surface area contributed by atoms with E-state index in [9.17, 15) is 33.0 Å². The van der Waals surface area contributed by atoms with Crippen molar-refractivity contribution < 1.29 is 37.8 Å². The van der Waals surface area contributed by atoms with Crippen LogP contribution in [0, 0.1) is 0 Å². The van der Waals surface area contributed by atoms with Crippen LogP contribution in [0.2, 0.25) is 0 Å². The normalized spacial score (nSPS) is 14.1. The summed E-state index contributed by atoms with van der Waals surface area (Å²) in [5.41, 5.74) is 0.533. The van der Waals surface area contributed by atoms with Crippen molar-refractivity contribution in [3.05, 3.63) is 89.2 Å². The third-order valence-electron chi connectivity index (χ3n) is 6.84. The Balaban J connectivity index is 1.48. The zero-order valence-electron chi connectivity index (χ0n) is 22.6. The van der Waals surface area contributed by atoms with Crippen LogP contribution in [-0.4, -0.2) is 65.5 Å². The van der Waals surface area contributed by atoms with Crippen LogP contribution < -0.4 is 13.8 Å². The number of hydrogen-bond acceptors (Lipinski definition) is 9. The first-order chi connectivity index (χ1) is 19.9. The number of aromatic nitrogens is 1. The maximum Gasteiger partial charge on any atom is 0.307 e. The number of ketones is 1. The van der Waals surface area contributed by atoms with Crippen LogP contribution in [-0.2, 0) is 22.6 Å². The average molecular weight is 612 g/mol. The Labute approximate surface area is 249 Å². The molecule has 1 aliphatic heterocycles. The molecular weight excluding hydrogens is 584 g/mol. The summed E-state index contributed by atoms with van der Waals surface area (Å²) in [5, 5.41) is 9.55. The van der Waals surface area contributed by atoms with Crippen molar-refractivity contribution in [1.82, 2.24) is 14.6 Å². The predicted molar refractivity (Wildman–Crippen MR) is 155 cm³/mol. The van der Waals surface area contributed by atoms with Crippen molar-refractivity contribution in [2.45, 2.75) is 38.5 Å². The lowest BCUT2D eigenvalue weighted by Crippen LogP contribution is -2.56. The standard InChI is InChI=1S/C28H28N4O8S2/c1-28(2,32(42(38)39)20-4-3-11-29-14-20)24(13-25(34)35)40-21-8-5-17(6-9-21)23(33)16-31-15-19-12-18(26(36)30-41)7-10-22(19)27(31)37/h3-12,14,24,41H,13,15-16H2,1-2H3,(H,30,36)(H,34,35)(H,38,39)/p-1. The molecule has 2 unspecified atom stereocenters. The predicted octanol–water partition coefficient (Wildman–Crippen LogP) is 2.80. The Hall–Kier alpha value is -4.27. The van der Waals surface area contributed by atoms with Crippen LogP contribution in [0.1, 0.15) is 56.9 Å². The second-order valence-electron chi connectivity index (χ2n) is 10.0. The van der Waals surface area contributed by atoms with Crippen molar-refractivity contribution in [1.29, 1.82) is 0 Å². The minimum atomic E-state index is -2.78. The van der Waals surface area contributed by atoms with Crippen LogP contribution in [0.5, 0.6) is 5.75 Å². The molecule has 2 heterocycles. The molecular formula is C28H27N4O8S2-. The summed E-state index contributed by atoms with van der Waals surface area (Å²) in [5.74, 6) is -2.07. The highest BCUT2D eigenvalue weighted by molar-refractivity contribution is 7.80. The molecule has 4 rings (SSSR count). The van der Waals surface area contributed by atoms with Crippen LogP contribution in [0.3, 0.4) is 0 Å². The van der Waals surface area contributed by atoms with Gasteiger partial charge in [-0.3, -0.25) is 37.4 Å². The first-order valence-corrected chi connectivity index (χ1v) is 14.1. The number of Topliss-reactive ketones (excluding diaryl/α,β-unsaturated/α-hetero) is 1. The van der Waals surface area contributed by atoms with Gasteiger partial charge in [0.15, 0.2) is 5.78 Å². The number of carboxylic acids is 1. The SMILES string of the molecule is CC(C)(C(CC(=O)O)Oc1ccc(C(=O)CN2Cc3cc(C(=O)NS)ccc3C2=O)cc1)N(c1cccnc1)S(=O)[O-]. The summed E-state index contributed by atoms with van der Waals surface area (Å²) in [6.07, 6.45) is 1.17. The molecule has 2 aromatic carbocycles. The van der Waals surface area contributed by atoms with Crippen molar-refractivity contribution in [3.63, 3.8) is 0 Å². The lowest BCUT2D eigenvalue weighted by atomic mass is 9.93. The van der Waals surface area contributed by atoms with Gasteiger partial charge in [-0.15, -0.1) is 0 Å². The molecule has 220 valence electrons. The Kier molecular flexibility index (Phi) is 9.29.